The van der Waals surface area contributed by atoms with Gasteiger partial charge in [0.15, 0.2) is 0 Å². The van der Waals surface area contributed by atoms with Gasteiger partial charge in [-0.3, -0.25) is 9.59 Å². The van der Waals surface area contributed by atoms with E-state index in [-0.39, 0.29) is 17.7 Å². The largest absolute Gasteiger partial charge is 0.341 e. The average molecular weight is 292 g/mol. The van der Waals surface area contributed by atoms with Gasteiger partial charge in [-0.15, -0.1) is 0 Å². The minimum atomic E-state index is 0.0535. The molecule has 3 rings (SSSR count). The second-order valence-corrected chi connectivity index (χ2v) is 7.44. The predicted octanol–water partition coefficient (Wildman–Crippen LogP) is 2.14. The van der Waals surface area contributed by atoms with E-state index in [0.717, 1.165) is 38.4 Å². The van der Waals surface area contributed by atoms with E-state index in [1.807, 2.05) is 23.6 Å². The third-order valence-corrected chi connectivity index (χ3v) is 5.67. The van der Waals surface area contributed by atoms with Gasteiger partial charge in [0.05, 0.1) is 0 Å². The van der Waals surface area contributed by atoms with E-state index in [1.54, 1.807) is 0 Å². The molecule has 0 aromatic rings. The van der Waals surface area contributed by atoms with Crippen molar-refractivity contribution in [2.45, 2.75) is 46.0 Å². The molecule has 0 aromatic heterocycles. The summed E-state index contributed by atoms with van der Waals surface area (Å²) in [6.07, 6.45) is 5.92. The Balaban J connectivity index is 1.57. The van der Waals surface area contributed by atoms with Crippen LogP contribution in [-0.2, 0) is 9.59 Å². The lowest BCUT2D eigenvalue weighted by Gasteiger charge is -2.28. The van der Waals surface area contributed by atoms with Gasteiger partial charge in [0.1, 0.15) is 0 Å². The number of hydrogen-bond donors (Lipinski definition) is 0. The highest BCUT2D eigenvalue weighted by Crippen LogP contribution is 2.48. The van der Waals surface area contributed by atoms with Crippen LogP contribution in [0.3, 0.4) is 0 Å². The van der Waals surface area contributed by atoms with Crippen LogP contribution in [0.4, 0.5) is 0 Å². The molecule has 3 fully saturated rings. The number of carbonyl (C=O) groups is 2. The molecule has 4 heteroatoms. The molecular weight excluding hydrogens is 264 g/mol. The van der Waals surface area contributed by atoms with Crippen molar-refractivity contribution in [1.82, 2.24) is 9.80 Å². The number of hydrogen-bond acceptors (Lipinski definition) is 2. The molecule has 2 aliphatic carbocycles. The van der Waals surface area contributed by atoms with Gasteiger partial charge in [-0.05, 0) is 37.5 Å². The van der Waals surface area contributed by atoms with Gasteiger partial charge >= 0.3 is 0 Å². The van der Waals surface area contributed by atoms with E-state index in [1.165, 1.54) is 19.3 Å². The maximum Gasteiger partial charge on any atom is 0.226 e. The summed E-state index contributed by atoms with van der Waals surface area (Å²) in [5.74, 6) is 2.41. The molecule has 0 aromatic carbocycles. The second-order valence-electron chi connectivity index (χ2n) is 7.44. The summed E-state index contributed by atoms with van der Waals surface area (Å²) in [5.41, 5.74) is 0. The second kappa shape index (κ2) is 5.98. The van der Waals surface area contributed by atoms with Gasteiger partial charge < -0.3 is 9.80 Å². The van der Waals surface area contributed by atoms with Crippen LogP contribution in [0, 0.1) is 23.7 Å². The van der Waals surface area contributed by atoms with Crippen molar-refractivity contribution in [2.75, 3.05) is 26.2 Å². The minimum absolute atomic E-state index is 0.0535. The lowest BCUT2D eigenvalue weighted by molar-refractivity contribution is -0.138. The summed E-state index contributed by atoms with van der Waals surface area (Å²) in [4.78, 5) is 28.9. The van der Waals surface area contributed by atoms with E-state index in [9.17, 15) is 9.59 Å². The van der Waals surface area contributed by atoms with Gasteiger partial charge in [-0.1, -0.05) is 20.3 Å². The zero-order valence-corrected chi connectivity index (χ0v) is 13.4. The Labute approximate surface area is 127 Å². The summed E-state index contributed by atoms with van der Waals surface area (Å²) >= 11 is 0. The highest BCUT2D eigenvalue weighted by atomic mass is 16.2. The predicted molar refractivity (Wildman–Crippen MR) is 81.6 cm³/mol. The van der Waals surface area contributed by atoms with E-state index in [2.05, 4.69) is 0 Å². The smallest absolute Gasteiger partial charge is 0.226 e. The molecule has 3 unspecified atom stereocenters. The normalized spacial score (nSPS) is 32.6. The molecule has 2 bridgehead atoms. The van der Waals surface area contributed by atoms with Crippen LogP contribution in [0.5, 0.6) is 0 Å². The lowest BCUT2D eigenvalue weighted by Crippen LogP contribution is -2.41. The number of fused-ring (bicyclic) bond motifs is 2. The van der Waals surface area contributed by atoms with Crippen LogP contribution < -0.4 is 0 Å². The molecule has 1 saturated heterocycles. The molecular formula is C17H28N2O2. The molecule has 0 radical (unpaired) electrons. The molecule has 0 N–H and O–H groups in total. The van der Waals surface area contributed by atoms with Crippen molar-refractivity contribution in [1.29, 1.82) is 0 Å². The Morgan fingerprint density at radius 1 is 0.952 bits per heavy atom. The summed E-state index contributed by atoms with van der Waals surface area (Å²) in [5, 5.41) is 0. The molecule has 3 aliphatic rings. The Bertz CT molecular complexity index is 421. The first-order chi connectivity index (χ1) is 10.1. The summed E-state index contributed by atoms with van der Waals surface area (Å²) in [6, 6.07) is 0. The minimum Gasteiger partial charge on any atom is -0.341 e. The Morgan fingerprint density at radius 3 is 2.29 bits per heavy atom. The summed E-state index contributed by atoms with van der Waals surface area (Å²) < 4.78 is 0. The van der Waals surface area contributed by atoms with E-state index >= 15 is 0 Å². The van der Waals surface area contributed by atoms with Crippen LogP contribution in [0.1, 0.15) is 46.0 Å². The van der Waals surface area contributed by atoms with Crippen LogP contribution >= 0.6 is 0 Å². The molecule has 1 aliphatic heterocycles. The number of carbonyl (C=O) groups excluding carboxylic acids is 2. The Hall–Kier alpha value is -1.06. The van der Waals surface area contributed by atoms with Crippen molar-refractivity contribution in [3.8, 4) is 0 Å². The average Bonchev–Trinajstić information content (AvgIpc) is 3.01. The van der Waals surface area contributed by atoms with Crippen molar-refractivity contribution < 1.29 is 9.59 Å². The Kier molecular flexibility index (Phi) is 4.23. The van der Waals surface area contributed by atoms with Gasteiger partial charge in [-0.2, -0.15) is 0 Å². The highest BCUT2D eigenvalue weighted by molar-refractivity contribution is 5.80. The van der Waals surface area contributed by atoms with E-state index in [4.69, 9.17) is 0 Å². The number of rotatable bonds is 2. The van der Waals surface area contributed by atoms with Crippen molar-refractivity contribution >= 4 is 11.8 Å². The first-order valence-electron chi connectivity index (χ1n) is 8.64. The third kappa shape index (κ3) is 2.95. The Morgan fingerprint density at radius 2 is 1.67 bits per heavy atom. The molecule has 2 amide bonds. The third-order valence-electron chi connectivity index (χ3n) is 5.67. The van der Waals surface area contributed by atoms with Gasteiger partial charge in [0.2, 0.25) is 11.8 Å². The monoisotopic (exact) mass is 292 g/mol. The molecule has 21 heavy (non-hydrogen) atoms. The summed E-state index contributed by atoms with van der Waals surface area (Å²) in [6.45, 7) is 6.97. The molecule has 3 atom stereocenters. The standard InChI is InChI=1S/C17H28N2O2/c1-12(2)16(20)18-6-3-7-19(9-8-18)17(21)15-11-13-4-5-14(15)10-13/h12-15H,3-11H2,1-2H3. The molecule has 4 nitrogen and oxygen atoms in total. The fraction of sp³-hybridized carbons (Fsp3) is 0.882. The topological polar surface area (TPSA) is 40.6 Å². The van der Waals surface area contributed by atoms with Gasteiger partial charge in [0, 0.05) is 38.0 Å². The van der Waals surface area contributed by atoms with E-state index in [0.29, 0.717) is 18.4 Å². The van der Waals surface area contributed by atoms with Crippen molar-refractivity contribution in [2.24, 2.45) is 23.7 Å². The fourth-order valence-electron chi connectivity index (χ4n) is 4.51. The molecule has 0 spiro atoms. The number of nitrogens with zero attached hydrogens (tertiary/aromatic N) is 2. The van der Waals surface area contributed by atoms with Crippen molar-refractivity contribution in [3.05, 3.63) is 0 Å². The fourth-order valence-corrected chi connectivity index (χ4v) is 4.51. The van der Waals surface area contributed by atoms with Gasteiger partial charge in [0.25, 0.3) is 0 Å². The quantitative estimate of drug-likeness (QED) is 0.782. The maximum absolute atomic E-state index is 12.8. The van der Waals surface area contributed by atoms with Crippen LogP contribution in [0.2, 0.25) is 0 Å². The van der Waals surface area contributed by atoms with Crippen LogP contribution in [0.25, 0.3) is 0 Å². The zero-order valence-electron chi connectivity index (χ0n) is 13.4. The summed E-state index contributed by atoms with van der Waals surface area (Å²) in [7, 11) is 0. The zero-order chi connectivity index (χ0) is 15.0. The highest BCUT2D eigenvalue weighted by Gasteiger charge is 2.44. The molecule has 1 heterocycles. The lowest BCUT2D eigenvalue weighted by atomic mass is 9.87. The maximum atomic E-state index is 12.8. The number of amides is 2. The van der Waals surface area contributed by atoms with Crippen molar-refractivity contribution in [3.63, 3.8) is 0 Å². The molecule has 2 saturated carbocycles. The SMILES string of the molecule is CC(C)C(=O)N1CCCN(C(=O)C2CC3CCC2C3)CC1. The van der Waals surface area contributed by atoms with Crippen LogP contribution in [0.15, 0.2) is 0 Å². The molecule has 118 valence electrons. The first-order valence-corrected chi connectivity index (χ1v) is 8.64. The van der Waals surface area contributed by atoms with E-state index < -0.39 is 0 Å². The first kappa shape index (κ1) is 14.9. The van der Waals surface area contributed by atoms with Gasteiger partial charge in [-0.25, -0.2) is 0 Å². The van der Waals surface area contributed by atoms with Crippen LogP contribution in [-0.4, -0.2) is 47.8 Å².